The van der Waals surface area contributed by atoms with Crippen LogP contribution in [-0.2, 0) is 6.42 Å². The number of hydrogen-bond acceptors (Lipinski definition) is 1. The first-order valence-electron chi connectivity index (χ1n) is 3.90. The normalized spacial score (nSPS) is 20.8. The van der Waals surface area contributed by atoms with Crippen molar-refractivity contribution in [1.82, 2.24) is 0 Å². The summed E-state index contributed by atoms with van der Waals surface area (Å²) in [6, 6.07) is 2.90. The zero-order valence-electron chi connectivity index (χ0n) is 7.25. The highest BCUT2D eigenvalue weighted by molar-refractivity contribution is 7.11. The summed E-state index contributed by atoms with van der Waals surface area (Å²) in [6.07, 6.45) is 3.44. The Labute approximate surface area is 94.1 Å². The quantitative estimate of drug-likeness (QED) is 0.416. The Balaban J connectivity index is 0.000000720. The molecule has 0 fully saturated rings. The molecular formula is C9H12INS. The molecule has 1 aliphatic heterocycles. The number of likely N-dealkylation sites (N-methyl/N-ethyl adjacent to an activating group) is 1. The molecule has 12 heavy (non-hydrogen) atoms. The van der Waals surface area contributed by atoms with Gasteiger partial charge in [0, 0.05) is 6.42 Å². The van der Waals surface area contributed by atoms with E-state index in [1.54, 1.807) is 0 Å². The van der Waals surface area contributed by atoms with Crippen LogP contribution < -0.4 is 24.0 Å². The van der Waals surface area contributed by atoms with Gasteiger partial charge in [0.2, 0.25) is 0 Å². The monoisotopic (exact) mass is 293 g/mol. The first-order valence-corrected chi connectivity index (χ1v) is 4.78. The molecule has 1 nitrogen and oxygen atoms in total. The molecule has 0 aromatic carbocycles. The van der Waals surface area contributed by atoms with Crippen molar-refractivity contribution in [1.29, 1.82) is 0 Å². The second-order valence-corrected chi connectivity index (χ2v) is 4.11. The van der Waals surface area contributed by atoms with Crippen molar-refractivity contribution in [2.75, 3.05) is 7.05 Å². The first-order chi connectivity index (χ1) is 5.27. The average Bonchev–Trinajstić information content (AvgIpc) is 2.36. The van der Waals surface area contributed by atoms with Gasteiger partial charge in [-0.15, -0.1) is 11.3 Å². The molecule has 0 N–H and O–H groups in total. The lowest BCUT2D eigenvalue weighted by Crippen LogP contribution is -3.00. The van der Waals surface area contributed by atoms with Gasteiger partial charge in [0.25, 0.3) is 0 Å². The summed E-state index contributed by atoms with van der Waals surface area (Å²) in [5.41, 5.74) is 1.51. The van der Waals surface area contributed by atoms with Crippen LogP contribution in [0.3, 0.4) is 0 Å². The van der Waals surface area contributed by atoms with Crippen LogP contribution in [0.4, 0.5) is 0 Å². The summed E-state index contributed by atoms with van der Waals surface area (Å²) in [7, 11) is 2.15. The lowest BCUT2D eigenvalue weighted by molar-refractivity contribution is -0.530. The van der Waals surface area contributed by atoms with Crippen LogP contribution in [0.15, 0.2) is 11.4 Å². The molecule has 2 rings (SSSR count). The van der Waals surface area contributed by atoms with Gasteiger partial charge in [-0.1, -0.05) is 0 Å². The molecule has 1 aromatic rings. The molecule has 0 spiro atoms. The van der Waals surface area contributed by atoms with Crippen LogP contribution in [0.5, 0.6) is 0 Å². The van der Waals surface area contributed by atoms with Crippen LogP contribution in [0.25, 0.3) is 0 Å². The Morgan fingerprint density at radius 2 is 2.33 bits per heavy atom. The van der Waals surface area contributed by atoms with Crippen molar-refractivity contribution in [3.8, 4) is 0 Å². The number of thiophene rings is 1. The third-order valence-corrected chi connectivity index (χ3v) is 3.21. The molecule has 0 radical (unpaired) electrons. The number of halogens is 1. The van der Waals surface area contributed by atoms with Gasteiger partial charge >= 0.3 is 0 Å². The second-order valence-electron chi connectivity index (χ2n) is 3.16. The van der Waals surface area contributed by atoms with Crippen molar-refractivity contribution < 1.29 is 28.6 Å². The minimum atomic E-state index is 0. The topological polar surface area (TPSA) is 3.01 Å². The molecule has 0 amide bonds. The molecule has 0 bridgehead atoms. The summed E-state index contributed by atoms with van der Waals surface area (Å²) < 4.78 is 2.29. The maximum atomic E-state index is 2.29. The molecule has 0 saturated heterocycles. The molecule has 1 aromatic heterocycles. The van der Waals surface area contributed by atoms with E-state index in [4.69, 9.17) is 0 Å². The summed E-state index contributed by atoms with van der Waals surface area (Å²) in [6.45, 7) is 2.26. The molecule has 3 heteroatoms. The molecule has 1 aliphatic rings. The van der Waals surface area contributed by atoms with Crippen LogP contribution in [0.1, 0.15) is 17.4 Å². The van der Waals surface area contributed by atoms with E-state index in [9.17, 15) is 0 Å². The maximum absolute atomic E-state index is 2.29. The number of hydrogen-bond donors (Lipinski definition) is 0. The Bertz CT molecular complexity index is 303. The summed E-state index contributed by atoms with van der Waals surface area (Å²) in [5.74, 6) is 0. The van der Waals surface area contributed by atoms with Crippen molar-refractivity contribution in [3.05, 3.63) is 21.9 Å². The lowest BCUT2D eigenvalue weighted by Gasteiger charge is -2.11. The van der Waals surface area contributed by atoms with Crippen molar-refractivity contribution in [2.45, 2.75) is 19.4 Å². The van der Waals surface area contributed by atoms with Gasteiger partial charge in [-0.2, -0.15) is 0 Å². The minimum Gasteiger partial charge on any atom is -1.00 e. The summed E-state index contributed by atoms with van der Waals surface area (Å²) in [5, 5.41) is 2.17. The standard InChI is InChI=1S/C9H12NS.HI/c1-7-5-8-3-4-11-9(8)6-10(7)2;/h3-4,6-7H,5H2,1-2H3;1H/q+1;/p-1. The van der Waals surface area contributed by atoms with Crippen LogP contribution in [0.2, 0.25) is 0 Å². The SMILES string of the molecule is CC1Cc2ccsc2C=[N+]1C.[I-]. The Hall–Kier alpha value is 0.1000. The largest absolute Gasteiger partial charge is 1.00 e. The maximum Gasteiger partial charge on any atom is 0.181 e. The predicted molar refractivity (Wildman–Crippen MR) is 48.8 cm³/mol. The zero-order valence-corrected chi connectivity index (χ0v) is 10.2. The van der Waals surface area contributed by atoms with E-state index >= 15 is 0 Å². The van der Waals surface area contributed by atoms with Gasteiger partial charge in [-0.3, -0.25) is 0 Å². The van der Waals surface area contributed by atoms with E-state index in [2.05, 4.69) is 36.2 Å². The van der Waals surface area contributed by atoms with Gasteiger partial charge in [-0.05, 0) is 23.9 Å². The van der Waals surface area contributed by atoms with E-state index in [-0.39, 0.29) is 24.0 Å². The highest BCUT2D eigenvalue weighted by Crippen LogP contribution is 2.20. The van der Waals surface area contributed by atoms with E-state index in [0.717, 1.165) is 0 Å². The van der Waals surface area contributed by atoms with Gasteiger partial charge in [0.05, 0.1) is 4.88 Å². The minimum absolute atomic E-state index is 0. The second kappa shape index (κ2) is 3.87. The Kier molecular flexibility index (Phi) is 3.29. The highest BCUT2D eigenvalue weighted by atomic mass is 127. The molecule has 0 aliphatic carbocycles. The van der Waals surface area contributed by atoms with Gasteiger partial charge in [-0.25, -0.2) is 4.58 Å². The van der Waals surface area contributed by atoms with Gasteiger partial charge in [0.15, 0.2) is 12.3 Å². The summed E-state index contributed by atoms with van der Waals surface area (Å²) >= 11 is 1.83. The zero-order chi connectivity index (χ0) is 7.84. The smallest absolute Gasteiger partial charge is 0.181 e. The van der Waals surface area contributed by atoms with E-state index in [1.165, 1.54) is 16.9 Å². The number of rotatable bonds is 0. The van der Waals surface area contributed by atoms with Crippen LogP contribution in [0, 0.1) is 0 Å². The average molecular weight is 293 g/mol. The van der Waals surface area contributed by atoms with E-state index in [1.807, 2.05) is 11.3 Å². The van der Waals surface area contributed by atoms with Gasteiger partial charge in [0.1, 0.15) is 7.05 Å². The number of nitrogens with zero attached hydrogens (tertiary/aromatic N) is 1. The van der Waals surface area contributed by atoms with Crippen molar-refractivity contribution >= 4 is 17.6 Å². The summed E-state index contributed by atoms with van der Waals surface area (Å²) in [4.78, 5) is 1.44. The molecular weight excluding hydrogens is 281 g/mol. The van der Waals surface area contributed by atoms with Gasteiger partial charge < -0.3 is 24.0 Å². The molecule has 0 saturated carbocycles. The fourth-order valence-electron chi connectivity index (χ4n) is 1.40. The molecule has 2 heterocycles. The van der Waals surface area contributed by atoms with E-state index in [0.29, 0.717) is 6.04 Å². The van der Waals surface area contributed by atoms with Crippen molar-refractivity contribution in [2.24, 2.45) is 0 Å². The van der Waals surface area contributed by atoms with Crippen LogP contribution >= 0.6 is 11.3 Å². The molecule has 66 valence electrons. The van der Waals surface area contributed by atoms with Crippen LogP contribution in [-0.4, -0.2) is 23.9 Å². The lowest BCUT2D eigenvalue weighted by atomic mass is 10.1. The highest BCUT2D eigenvalue weighted by Gasteiger charge is 2.20. The molecule has 1 unspecified atom stereocenters. The fraction of sp³-hybridized carbons (Fsp3) is 0.444. The van der Waals surface area contributed by atoms with Crippen molar-refractivity contribution in [3.63, 3.8) is 0 Å². The fourth-order valence-corrected chi connectivity index (χ4v) is 2.31. The Morgan fingerprint density at radius 3 is 3.08 bits per heavy atom. The Morgan fingerprint density at radius 1 is 1.58 bits per heavy atom. The molecule has 1 atom stereocenters. The first kappa shape index (κ1) is 10.2. The third-order valence-electron chi connectivity index (χ3n) is 2.31. The number of fused-ring (bicyclic) bond motifs is 1. The predicted octanol–water partition coefficient (Wildman–Crippen LogP) is -1.24. The third kappa shape index (κ3) is 1.71. The van der Waals surface area contributed by atoms with E-state index < -0.39 is 0 Å².